The molecule has 43 heavy (non-hydrogen) atoms. The molecule has 4 aromatic rings. The van der Waals surface area contributed by atoms with Gasteiger partial charge >= 0.3 is 0 Å². The molecule has 1 atom stereocenters. The number of amides is 2. The molecule has 1 N–H and O–H groups in total. The van der Waals surface area contributed by atoms with Gasteiger partial charge in [-0.05, 0) is 61.4 Å². The van der Waals surface area contributed by atoms with E-state index in [0.29, 0.717) is 20.7 Å². The second-order valence-electron chi connectivity index (χ2n) is 10.3. The molecule has 0 saturated heterocycles. The molecule has 0 aromatic heterocycles. The lowest BCUT2D eigenvalue weighted by atomic mass is 10.0. The summed E-state index contributed by atoms with van der Waals surface area (Å²) in [5, 5.41) is 3.38. The van der Waals surface area contributed by atoms with Gasteiger partial charge in [-0.2, -0.15) is 0 Å². The van der Waals surface area contributed by atoms with Crippen LogP contribution in [0.5, 0.6) is 0 Å². The van der Waals surface area contributed by atoms with Crippen LogP contribution in [0.25, 0.3) is 0 Å². The van der Waals surface area contributed by atoms with Gasteiger partial charge in [0.05, 0.1) is 10.6 Å². The van der Waals surface area contributed by atoms with E-state index in [2.05, 4.69) is 21.2 Å². The lowest BCUT2D eigenvalue weighted by Gasteiger charge is -2.34. The first-order valence-corrected chi connectivity index (χ1v) is 16.4. The molecule has 0 aliphatic heterocycles. The first-order valence-electron chi connectivity index (χ1n) is 13.8. The van der Waals surface area contributed by atoms with Gasteiger partial charge in [0.25, 0.3) is 10.0 Å². The van der Waals surface area contributed by atoms with Gasteiger partial charge in [0, 0.05) is 28.5 Å². The van der Waals surface area contributed by atoms with E-state index in [1.165, 1.54) is 17.0 Å². The van der Waals surface area contributed by atoms with Crippen molar-refractivity contribution in [2.45, 2.75) is 43.8 Å². The van der Waals surface area contributed by atoms with Gasteiger partial charge in [0.2, 0.25) is 11.8 Å². The van der Waals surface area contributed by atoms with Gasteiger partial charge in [-0.15, -0.1) is 0 Å². The summed E-state index contributed by atoms with van der Waals surface area (Å²) in [5.74, 6) is -0.904. The van der Waals surface area contributed by atoms with Crippen molar-refractivity contribution >= 4 is 55.1 Å². The van der Waals surface area contributed by atoms with Crippen LogP contribution in [0.3, 0.4) is 0 Å². The third-order valence-corrected chi connectivity index (χ3v) is 9.36. The second-order valence-corrected chi connectivity index (χ2v) is 13.5. The Morgan fingerprint density at radius 1 is 0.860 bits per heavy atom. The molecule has 0 heterocycles. The molecule has 7 nitrogen and oxygen atoms in total. The molecule has 0 aliphatic rings. The van der Waals surface area contributed by atoms with Crippen LogP contribution in [0.4, 0.5) is 5.69 Å². The van der Waals surface area contributed by atoms with Crippen LogP contribution in [0.15, 0.2) is 119 Å². The predicted molar refractivity (Wildman–Crippen MR) is 174 cm³/mol. The van der Waals surface area contributed by atoms with Gasteiger partial charge in [-0.25, -0.2) is 8.42 Å². The Morgan fingerprint density at radius 2 is 1.49 bits per heavy atom. The summed E-state index contributed by atoms with van der Waals surface area (Å²) in [6.45, 7) is 3.15. The van der Waals surface area contributed by atoms with Crippen LogP contribution in [0.2, 0.25) is 5.02 Å². The Morgan fingerprint density at radius 3 is 2.12 bits per heavy atom. The lowest BCUT2D eigenvalue weighted by Crippen LogP contribution is -2.54. The SMILES string of the molecule is CC(C)NC(=O)C(Cc1ccccc1)N(Cc1ccccc1Cl)C(=O)CN(c1cccc(Br)c1)S(=O)(=O)c1ccccc1. The van der Waals surface area contributed by atoms with Crippen molar-refractivity contribution in [1.82, 2.24) is 10.2 Å². The molecule has 0 saturated carbocycles. The number of nitrogens with zero attached hydrogens (tertiary/aromatic N) is 2. The highest BCUT2D eigenvalue weighted by molar-refractivity contribution is 9.10. The van der Waals surface area contributed by atoms with E-state index in [1.54, 1.807) is 66.7 Å². The maximum Gasteiger partial charge on any atom is 0.264 e. The third kappa shape index (κ3) is 8.46. The molecule has 0 fully saturated rings. The first kappa shape index (κ1) is 32.3. The summed E-state index contributed by atoms with van der Waals surface area (Å²) in [5.41, 5.74) is 1.78. The fraction of sp³-hybridized carbons (Fsp3) is 0.212. The maximum absolute atomic E-state index is 14.4. The highest BCUT2D eigenvalue weighted by atomic mass is 79.9. The average molecular weight is 683 g/mol. The Bertz CT molecular complexity index is 1650. The summed E-state index contributed by atoms with van der Waals surface area (Å²) in [7, 11) is -4.17. The highest BCUT2D eigenvalue weighted by Crippen LogP contribution is 2.28. The zero-order chi connectivity index (χ0) is 31.0. The number of benzene rings is 4. The van der Waals surface area contributed by atoms with Crippen molar-refractivity contribution < 1.29 is 18.0 Å². The topological polar surface area (TPSA) is 86.8 Å². The van der Waals surface area contributed by atoms with E-state index >= 15 is 0 Å². The zero-order valence-corrected chi connectivity index (χ0v) is 27.0. The number of carbonyl (C=O) groups is 2. The molecular weight excluding hydrogens is 650 g/mol. The van der Waals surface area contributed by atoms with Crippen molar-refractivity contribution in [1.29, 1.82) is 0 Å². The number of halogens is 2. The van der Waals surface area contributed by atoms with E-state index in [1.807, 2.05) is 44.2 Å². The maximum atomic E-state index is 14.4. The van der Waals surface area contributed by atoms with Crippen LogP contribution in [-0.2, 0) is 32.6 Å². The van der Waals surface area contributed by atoms with E-state index in [4.69, 9.17) is 11.6 Å². The number of rotatable bonds is 12. The number of hydrogen-bond donors (Lipinski definition) is 1. The Balaban J connectivity index is 1.81. The van der Waals surface area contributed by atoms with Gasteiger partial charge in [0.1, 0.15) is 12.6 Å². The molecule has 0 aliphatic carbocycles. The minimum atomic E-state index is -4.17. The minimum absolute atomic E-state index is 0.000763. The van der Waals surface area contributed by atoms with Crippen LogP contribution >= 0.6 is 27.5 Å². The zero-order valence-electron chi connectivity index (χ0n) is 23.9. The number of anilines is 1. The van der Waals surface area contributed by atoms with Crippen LogP contribution in [0.1, 0.15) is 25.0 Å². The largest absolute Gasteiger partial charge is 0.352 e. The van der Waals surface area contributed by atoms with E-state index in [-0.39, 0.29) is 29.8 Å². The molecule has 1 unspecified atom stereocenters. The summed E-state index contributed by atoms with van der Waals surface area (Å²) < 4.78 is 29.7. The summed E-state index contributed by atoms with van der Waals surface area (Å²) >= 11 is 9.94. The second kappa shape index (κ2) is 14.7. The van der Waals surface area contributed by atoms with Crippen molar-refractivity contribution in [3.63, 3.8) is 0 Å². The smallest absolute Gasteiger partial charge is 0.264 e. The molecule has 4 rings (SSSR count). The predicted octanol–water partition coefficient (Wildman–Crippen LogP) is 6.46. The monoisotopic (exact) mass is 681 g/mol. The summed E-state index contributed by atoms with van der Waals surface area (Å²) in [6.07, 6.45) is 0.220. The molecule has 10 heteroatoms. The Hall–Kier alpha value is -3.66. The van der Waals surface area contributed by atoms with Crippen LogP contribution in [-0.4, -0.2) is 43.8 Å². The normalized spacial score (nSPS) is 12.0. The molecule has 0 spiro atoms. The quantitative estimate of drug-likeness (QED) is 0.186. The third-order valence-electron chi connectivity index (χ3n) is 6.71. The Kier molecular flexibility index (Phi) is 11.0. The molecule has 2 amide bonds. The van der Waals surface area contributed by atoms with Crippen molar-refractivity contribution in [2.75, 3.05) is 10.8 Å². The van der Waals surface area contributed by atoms with E-state index in [9.17, 15) is 18.0 Å². The standard InChI is InChI=1S/C33H33BrClN3O4S/c1-24(2)36-33(40)31(20-25-12-5-3-6-13-25)37(22-26-14-9-10-19-30(26)35)32(39)23-38(28-16-11-15-27(34)21-28)43(41,42)29-17-7-4-8-18-29/h3-19,21,24,31H,20,22-23H2,1-2H3,(H,36,40). The van der Waals surface area contributed by atoms with Gasteiger partial charge < -0.3 is 10.2 Å². The average Bonchev–Trinajstić information content (AvgIpc) is 2.99. The number of nitrogens with one attached hydrogen (secondary N) is 1. The first-order chi connectivity index (χ1) is 20.6. The molecule has 4 aromatic carbocycles. The summed E-state index contributed by atoms with van der Waals surface area (Å²) in [6, 6.07) is 30.1. The fourth-order valence-electron chi connectivity index (χ4n) is 4.62. The highest BCUT2D eigenvalue weighted by Gasteiger charge is 2.35. The van der Waals surface area contributed by atoms with Crippen molar-refractivity contribution in [3.8, 4) is 0 Å². The van der Waals surface area contributed by atoms with Crippen molar-refractivity contribution in [3.05, 3.63) is 130 Å². The van der Waals surface area contributed by atoms with Crippen molar-refractivity contribution in [2.24, 2.45) is 0 Å². The van der Waals surface area contributed by atoms with E-state index in [0.717, 1.165) is 9.87 Å². The van der Waals surface area contributed by atoms with Gasteiger partial charge in [-0.3, -0.25) is 13.9 Å². The molecule has 0 radical (unpaired) electrons. The number of sulfonamides is 1. The van der Waals surface area contributed by atoms with Crippen LogP contribution < -0.4 is 9.62 Å². The summed E-state index contributed by atoms with van der Waals surface area (Å²) in [4.78, 5) is 29.6. The number of carbonyl (C=O) groups excluding carboxylic acids is 2. The molecule has 0 bridgehead atoms. The van der Waals surface area contributed by atoms with Gasteiger partial charge in [0.15, 0.2) is 0 Å². The molecular formula is C33H33BrClN3O4S. The fourth-order valence-corrected chi connectivity index (χ4v) is 6.63. The van der Waals surface area contributed by atoms with E-state index < -0.39 is 28.5 Å². The lowest BCUT2D eigenvalue weighted by molar-refractivity contribution is -0.140. The number of hydrogen-bond acceptors (Lipinski definition) is 4. The Labute approximate surface area is 266 Å². The van der Waals surface area contributed by atoms with Crippen LogP contribution in [0, 0.1) is 0 Å². The molecule has 224 valence electrons. The minimum Gasteiger partial charge on any atom is -0.352 e. The van der Waals surface area contributed by atoms with Gasteiger partial charge in [-0.1, -0.05) is 100 Å².